The summed E-state index contributed by atoms with van der Waals surface area (Å²) in [5, 5.41) is 9.63. The van der Waals surface area contributed by atoms with Crippen molar-refractivity contribution in [2.75, 3.05) is 32.8 Å². The Labute approximate surface area is 181 Å². The van der Waals surface area contributed by atoms with Crippen LogP contribution in [0, 0.1) is 5.92 Å². The van der Waals surface area contributed by atoms with Gasteiger partial charge in [-0.05, 0) is 53.4 Å². The van der Waals surface area contributed by atoms with Crippen molar-refractivity contribution in [3.05, 3.63) is 0 Å². The third kappa shape index (κ3) is 10.0. The minimum Gasteiger partial charge on any atom is -0.450 e. The first kappa shape index (κ1) is 25.8. The van der Waals surface area contributed by atoms with Crippen molar-refractivity contribution < 1.29 is 19.1 Å². The number of amides is 2. The molecule has 0 aromatic carbocycles. The molecule has 0 saturated carbocycles. The smallest absolute Gasteiger partial charge is 0.409 e. The molecule has 2 amide bonds. The molecule has 1 unspecified atom stereocenters. The van der Waals surface area contributed by atoms with Crippen LogP contribution in [0.25, 0.3) is 0 Å². The lowest BCUT2D eigenvalue weighted by molar-refractivity contribution is 0.0492. The molecule has 1 rings (SSSR count). The summed E-state index contributed by atoms with van der Waals surface area (Å²) < 4.78 is 10.4. The van der Waals surface area contributed by atoms with Gasteiger partial charge in [0.2, 0.25) is 0 Å². The predicted octanol–water partition coefficient (Wildman–Crippen LogP) is 2.71. The maximum absolute atomic E-state index is 12.1. The second-order valence-electron chi connectivity index (χ2n) is 8.82. The highest BCUT2D eigenvalue weighted by Crippen LogP contribution is 2.12. The number of rotatable bonds is 7. The van der Waals surface area contributed by atoms with Crippen LogP contribution in [0.15, 0.2) is 4.99 Å². The highest BCUT2D eigenvalue weighted by atomic mass is 16.6. The zero-order valence-electron chi connectivity index (χ0n) is 19.7. The van der Waals surface area contributed by atoms with Crippen molar-refractivity contribution in [1.29, 1.82) is 0 Å². The van der Waals surface area contributed by atoms with Crippen LogP contribution in [0.3, 0.4) is 0 Å². The molecule has 1 aliphatic rings. The second-order valence-corrected chi connectivity index (χ2v) is 8.82. The molecule has 0 aromatic heterocycles. The zero-order chi connectivity index (χ0) is 22.7. The maximum Gasteiger partial charge on any atom is 0.409 e. The zero-order valence-corrected chi connectivity index (χ0v) is 19.7. The van der Waals surface area contributed by atoms with Crippen molar-refractivity contribution in [1.82, 2.24) is 20.9 Å². The van der Waals surface area contributed by atoms with Gasteiger partial charge in [0, 0.05) is 25.7 Å². The number of carbonyl (C=O) groups excluding carboxylic acids is 2. The number of likely N-dealkylation sites (tertiary alicyclic amines) is 1. The van der Waals surface area contributed by atoms with E-state index in [4.69, 9.17) is 9.47 Å². The normalized spacial score (nSPS) is 16.8. The summed E-state index contributed by atoms with van der Waals surface area (Å²) in [6.45, 7) is 16.3. The molecule has 0 bridgehead atoms. The molecule has 9 nitrogen and oxygen atoms in total. The second kappa shape index (κ2) is 12.5. The van der Waals surface area contributed by atoms with Crippen molar-refractivity contribution in [2.24, 2.45) is 10.9 Å². The molecular weight excluding hydrogens is 386 g/mol. The van der Waals surface area contributed by atoms with E-state index in [1.807, 2.05) is 48.5 Å². The van der Waals surface area contributed by atoms with Crippen LogP contribution >= 0.6 is 0 Å². The van der Waals surface area contributed by atoms with Gasteiger partial charge in [0.1, 0.15) is 5.60 Å². The minimum absolute atomic E-state index is 0.138. The lowest BCUT2D eigenvalue weighted by atomic mass is 10.0. The molecule has 174 valence electrons. The van der Waals surface area contributed by atoms with Gasteiger partial charge in [-0.3, -0.25) is 4.99 Å². The topological polar surface area (TPSA) is 104 Å². The van der Waals surface area contributed by atoms with E-state index < -0.39 is 11.7 Å². The van der Waals surface area contributed by atoms with Gasteiger partial charge in [-0.25, -0.2) is 9.59 Å². The van der Waals surface area contributed by atoms with Crippen molar-refractivity contribution in [3.63, 3.8) is 0 Å². The van der Waals surface area contributed by atoms with Crippen LogP contribution in [-0.4, -0.2) is 73.5 Å². The van der Waals surface area contributed by atoms with E-state index in [1.165, 1.54) is 0 Å². The number of guanidine groups is 1. The van der Waals surface area contributed by atoms with E-state index in [0.29, 0.717) is 32.2 Å². The first-order valence-corrected chi connectivity index (χ1v) is 11.0. The average Bonchev–Trinajstić information content (AvgIpc) is 2.64. The van der Waals surface area contributed by atoms with Gasteiger partial charge in [-0.15, -0.1) is 0 Å². The molecular formula is C21H41N5O4. The number of nitrogens with one attached hydrogen (secondary N) is 3. The quantitative estimate of drug-likeness (QED) is 0.426. The maximum atomic E-state index is 12.1. The van der Waals surface area contributed by atoms with E-state index >= 15 is 0 Å². The first-order valence-electron chi connectivity index (χ1n) is 11.0. The summed E-state index contributed by atoms with van der Waals surface area (Å²) in [6, 6.07) is 0.0887. The Hall–Kier alpha value is -2.19. The fourth-order valence-electron chi connectivity index (χ4n) is 3.01. The lowest BCUT2D eigenvalue weighted by Gasteiger charge is -2.32. The number of aliphatic imine (C=N–C) groups is 1. The number of hydrogen-bond acceptors (Lipinski definition) is 5. The van der Waals surface area contributed by atoms with E-state index in [9.17, 15) is 9.59 Å². The standard InChI is InChI=1S/C21H41N5O4/c1-8-22-18(24-16-10-12-26(13-11-16)20(28)29-9-2)23-14-17(15(3)4)25-19(27)30-21(5,6)7/h15-17H,8-14H2,1-7H3,(H,25,27)(H2,22,23,24). The van der Waals surface area contributed by atoms with Crippen LogP contribution in [-0.2, 0) is 9.47 Å². The number of ether oxygens (including phenoxy) is 2. The molecule has 1 fully saturated rings. The number of nitrogens with zero attached hydrogens (tertiary/aromatic N) is 2. The van der Waals surface area contributed by atoms with Gasteiger partial charge < -0.3 is 30.3 Å². The molecule has 3 N–H and O–H groups in total. The van der Waals surface area contributed by atoms with E-state index in [1.54, 1.807) is 4.90 Å². The Balaban J connectivity index is 2.63. The number of alkyl carbamates (subject to hydrolysis) is 1. The Bertz CT molecular complexity index is 566. The van der Waals surface area contributed by atoms with Crippen molar-refractivity contribution >= 4 is 18.1 Å². The van der Waals surface area contributed by atoms with Crippen LogP contribution in [0.5, 0.6) is 0 Å². The molecule has 1 aliphatic heterocycles. The molecule has 0 spiro atoms. The minimum atomic E-state index is -0.538. The number of hydrogen-bond donors (Lipinski definition) is 3. The van der Waals surface area contributed by atoms with Gasteiger partial charge in [-0.1, -0.05) is 13.8 Å². The molecule has 9 heteroatoms. The Morgan fingerprint density at radius 3 is 2.30 bits per heavy atom. The van der Waals surface area contributed by atoms with E-state index in [0.717, 1.165) is 19.4 Å². The first-order chi connectivity index (χ1) is 14.1. The highest BCUT2D eigenvalue weighted by molar-refractivity contribution is 5.80. The fourth-order valence-corrected chi connectivity index (χ4v) is 3.01. The molecule has 1 atom stereocenters. The van der Waals surface area contributed by atoms with E-state index in [2.05, 4.69) is 20.9 Å². The van der Waals surface area contributed by atoms with Crippen LogP contribution < -0.4 is 16.0 Å². The Morgan fingerprint density at radius 2 is 1.80 bits per heavy atom. The highest BCUT2D eigenvalue weighted by Gasteiger charge is 2.25. The Morgan fingerprint density at radius 1 is 1.17 bits per heavy atom. The molecule has 0 aromatic rings. The summed E-state index contributed by atoms with van der Waals surface area (Å²) in [4.78, 5) is 30.4. The summed E-state index contributed by atoms with van der Waals surface area (Å²) in [5.41, 5.74) is -0.538. The van der Waals surface area contributed by atoms with Crippen LogP contribution in [0.2, 0.25) is 0 Å². The third-order valence-corrected chi connectivity index (χ3v) is 4.66. The molecule has 0 aliphatic carbocycles. The summed E-state index contributed by atoms with van der Waals surface area (Å²) in [5.74, 6) is 0.917. The predicted molar refractivity (Wildman–Crippen MR) is 119 cm³/mol. The molecule has 30 heavy (non-hydrogen) atoms. The van der Waals surface area contributed by atoms with Gasteiger partial charge in [0.25, 0.3) is 0 Å². The monoisotopic (exact) mass is 427 g/mol. The third-order valence-electron chi connectivity index (χ3n) is 4.66. The van der Waals surface area contributed by atoms with E-state index in [-0.39, 0.29) is 24.1 Å². The SMILES string of the molecule is CCNC(=NCC(NC(=O)OC(C)(C)C)C(C)C)NC1CCN(C(=O)OCC)CC1. The van der Waals surface area contributed by atoms with Gasteiger partial charge >= 0.3 is 12.2 Å². The average molecular weight is 428 g/mol. The van der Waals surface area contributed by atoms with Gasteiger partial charge in [0.05, 0.1) is 19.2 Å². The summed E-state index contributed by atoms with van der Waals surface area (Å²) in [7, 11) is 0. The van der Waals surface area contributed by atoms with Gasteiger partial charge in [0.15, 0.2) is 5.96 Å². The number of carbonyl (C=O) groups is 2. The van der Waals surface area contributed by atoms with Crippen LogP contribution in [0.4, 0.5) is 9.59 Å². The van der Waals surface area contributed by atoms with Crippen molar-refractivity contribution in [2.45, 2.75) is 79.0 Å². The lowest BCUT2D eigenvalue weighted by Crippen LogP contribution is -2.50. The fraction of sp³-hybridized carbons (Fsp3) is 0.857. The molecule has 1 heterocycles. The van der Waals surface area contributed by atoms with Crippen LogP contribution in [0.1, 0.15) is 61.3 Å². The molecule has 0 radical (unpaired) electrons. The van der Waals surface area contributed by atoms with Crippen molar-refractivity contribution in [3.8, 4) is 0 Å². The summed E-state index contributed by atoms with van der Waals surface area (Å²) in [6.07, 6.45) is 0.977. The van der Waals surface area contributed by atoms with Gasteiger partial charge in [-0.2, -0.15) is 0 Å². The number of piperidine rings is 1. The summed E-state index contributed by atoms with van der Waals surface area (Å²) >= 11 is 0. The molecule has 1 saturated heterocycles. The largest absolute Gasteiger partial charge is 0.450 e. The Kier molecular flexibility index (Phi) is 10.8.